The molecule has 21 heavy (non-hydrogen) atoms. The quantitative estimate of drug-likeness (QED) is 0.762. The van der Waals surface area contributed by atoms with E-state index >= 15 is 0 Å². The van der Waals surface area contributed by atoms with Gasteiger partial charge in [0.15, 0.2) is 0 Å². The van der Waals surface area contributed by atoms with Crippen molar-refractivity contribution in [1.82, 2.24) is 4.98 Å². The van der Waals surface area contributed by atoms with Crippen molar-refractivity contribution in [3.8, 4) is 11.5 Å². The monoisotopic (exact) mass is 289 g/mol. The third kappa shape index (κ3) is 3.68. The number of hydrogen-bond acceptors (Lipinski definition) is 4. The van der Waals surface area contributed by atoms with Gasteiger partial charge in [-0.1, -0.05) is 0 Å². The Morgan fingerprint density at radius 1 is 1.24 bits per heavy atom. The zero-order chi connectivity index (χ0) is 15.2. The van der Waals surface area contributed by atoms with Gasteiger partial charge in [-0.3, -0.25) is 4.79 Å². The molecule has 0 atom stereocenters. The normalized spacial score (nSPS) is 10.2. The van der Waals surface area contributed by atoms with Crippen molar-refractivity contribution < 1.29 is 14.3 Å². The van der Waals surface area contributed by atoms with Crippen LogP contribution < -0.4 is 20.5 Å². The Balaban J connectivity index is 2.23. The molecule has 1 aromatic carbocycles. The molecule has 0 aliphatic heterocycles. The second-order valence-electron chi connectivity index (χ2n) is 4.32. The van der Waals surface area contributed by atoms with Gasteiger partial charge in [-0.25, -0.2) is 0 Å². The molecule has 0 saturated carbocycles. The summed E-state index contributed by atoms with van der Waals surface area (Å²) in [5.41, 5.74) is 7.05. The fourth-order valence-corrected chi connectivity index (χ4v) is 1.88. The maximum absolute atomic E-state index is 12.2. The number of ether oxygens (including phenoxy) is 2. The SMILES string of the molecule is CCOc1ccc(OCC)c(NC(=O)c2cc(N)c[nH]2)c1. The summed E-state index contributed by atoms with van der Waals surface area (Å²) in [7, 11) is 0. The minimum absolute atomic E-state index is 0.290. The Morgan fingerprint density at radius 3 is 2.62 bits per heavy atom. The third-order valence-electron chi connectivity index (χ3n) is 2.76. The summed E-state index contributed by atoms with van der Waals surface area (Å²) >= 11 is 0. The van der Waals surface area contributed by atoms with Gasteiger partial charge in [0.25, 0.3) is 5.91 Å². The van der Waals surface area contributed by atoms with Gasteiger partial charge >= 0.3 is 0 Å². The molecule has 0 bridgehead atoms. The highest BCUT2D eigenvalue weighted by atomic mass is 16.5. The van der Waals surface area contributed by atoms with Gasteiger partial charge in [0, 0.05) is 18.0 Å². The van der Waals surface area contributed by atoms with E-state index in [9.17, 15) is 4.79 Å². The van der Waals surface area contributed by atoms with Crippen LogP contribution >= 0.6 is 0 Å². The van der Waals surface area contributed by atoms with Crippen LogP contribution in [0.15, 0.2) is 30.5 Å². The Labute approximate surface area is 123 Å². The van der Waals surface area contributed by atoms with Crippen molar-refractivity contribution in [2.75, 3.05) is 24.3 Å². The van der Waals surface area contributed by atoms with Crippen molar-refractivity contribution >= 4 is 17.3 Å². The summed E-state index contributed by atoms with van der Waals surface area (Å²) < 4.78 is 10.9. The van der Waals surface area contributed by atoms with Crippen LogP contribution in [-0.2, 0) is 0 Å². The molecule has 0 unspecified atom stereocenters. The molecule has 0 fully saturated rings. The Hall–Kier alpha value is -2.63. The maximum Gasteiger partial charge on any atom is 0.272 e. The van der Waals surface area contributed by atoms with Crippen LogP contribution in [0.5, 0.6) is 11.5 Å². The van der Waals surface area contributed by atoms with E-state index in [1.807, 2.05) is 13.8 Å². The number of carbonyl (C=O) groups excluding carboxylic acids is 1. The van der Waals surface area contributed by atoms with Crippen molar-refractivity contribution in [2.45, 2.75) is 13.8 Å². The number of aromatic nitrogens is 1. The van der Waals surface area contributed by atoms with Crippen LogP contribution in [0, 0.1) is 0 Å². The highest BCUT2D eigenvalue weighted by Crippen LogP contribution is 2.29. The lowest BCUT2D eigenvalue weighted by atomic mass is 10.2. The molecular weight excluding hydrogens is 270 g/mol. The van der Waals surface area contributed by atoms with E-state index in [0.29, 0.717) is 41.8 Å². The number of carbonyl (C=O) groups is 1. The summed E-state index contributed by atoms with van der Waals surface area (Å²) in [5.74, 6) is 0.970. The van der Waals surface area contributed by atoms with E-state index in [4.69, 9.17) is 15.2 Å². The number of benzene rings is 1. The number of nitrogens with two attached hydrogens (primary N) is 1. The van der Waals surface area contributed by atoms with Crippen molar-refractivity contribution in [3.05, 3.63) is 36.2 Å². The minimum Gasteiger partial charge on any atom is -0.494 e. The van der Waals surface area contributed by atoms with E-state index in [2.05, 4.69) is 10.3 Å². The molecule has 4 N–H and O–H groups in total. The molecule has 1 amide bonds. The topological polar surface area (TPSA) is 89.4 Å². The zero-order valence-corrected chi connectivity index (χ0v) is 12.1. The van der Waals surface area contributed by atoms with Gasteiger partial charge in [-0.05, 0) is 32.0 Å². The van der Waals surface area contributed by atoms with Crippen LogP contribution in [0.1, 0.15) is 24.3 Å². The molecule has 0 radical (unpaired) electrons. The number of nitrogens with one attached hydrogen (secondary N) is 2. The van der Waals surface area contributed by atoms with Crippen LogP contribution in [0.25, 0.3) is 0 Å². The number of anilines is 2. The molecule has 0 saturated heterocycles. The second kappa shape index (κ2) is 6.69. The molecule has 0 spiro atoms. The smallest absolute Gasteiger partial charge is 0.272 e. The molecule has 0 aliphatic carbocycles. The lowest BCUT2D eigenvalue weighted by molar-refractivity contribution is 0.102. The van der Waals surface area contributed by atoms with Crippen molar-refractivity contribution in [3.63, 3.8) is 0 Å². The van der Waals surface area contributed by atoms with Gasteiger partial charge in [0.2, 0.25) is 0 Å². The number of H-pyrrole nitrogens is 1. The maximum atomic E-state index is 12.2. The molecule has 1 aromatic heterocycles. The fourth-order valence-electron chi connectivity index (χ4n) is 1.88. The van der Waals surface area contributed by atoms with Crippen LogP contribution in [0.4, 0.5) is 11.4 Å². The van der Waals surface area contributed by atoms with Crippen LogP contribution in [-0.4, -0.2) is 24.1 Å². The molecule has 6 nitrogen and oxygen atoms in total. The highest BCUT2D eigenvalue weighted by molar-refractivity contribution is 6.04. The number of nitrogen functional groups attached to an aromatic ring is 1. The first-order chi connectivity index (χ1) is 10.1. The van der Waals surface area contributed by atoms with Crippen molar-refractivity contribution in [1.29, 1.82) is 0 Å². The third-order valence-corrected chi connectivity index (χ3v) is 2.76. The van der Waals surface area contributed by atoms with Gasteiger partial charge in [-0.15, -0.1) is 0 Å². The zero-order valence-electron chi connectivity index (χ0n) is 12.1. The first-order valence-corrected chi connectivity index (χ1v) is 6.79. The molecule has 112 valence electrons. The predicted molar refractivity (Wildman–Crippen MR) is 81.9 cm³/mol. The van der Waals surface area contributed by atoms with Gasteiger partial charge in [-0.2, -0.15) is 0 Å². The van der Waals surface area contributed by atoms with E-state index in [-0.39, 0.29) is 5.91 Å². The predicted octanol–water partition coefficient (Wildman–Crippen LogP) is 2.65. The molecule has 2 aromatic rings. The average Bonchev–Trinajstić information content (AvgIpc) is 2.89. The first kappa shape index (κ1) is 14.8. The van der Waals surface area contributed by atoms with E-state index in [1.54, 1.807) is 30.5 Å². The Bertz CT molecular complexity index is 622. The number of amides is 1. The second-order valence-corrected chi connectivity index (χ2v) is 4.32. The van der Waals surface area contributed by atoms with Crippen LogP contribution in [0.2, 0.25) is 0 Å². The molecule has 0 aliphatic rings. The Morgan fingerprint density at radius 2 is 2.00 bits per heavy atom. The van der Waals surface area contributed by atoms with Gasteiger partial charge in [0.05, 0.1) is 18.9 Å². The summed E-state index contributed by atoms with van der Waals surface area (Å²) in [6, 6.07) is 6.88. The number of hydrogen-bond donors (Lipinski definition) is 3. The minimum atomic E-state index is -0.290. The first-order valence-electron chi connectivity index (χ1n) is 6.79. The lowest BCUT2D eigenvalue weighted by Gasteiger charge is -2.13. The molecular formula is C15H19N3O3. The molecule has 1 heterocycles. The summed E-state index contributed by atoms with van der Waals surface area (Å²) in [5, 5.41) is 2.79. The van der Waals surface area contributed by atoms with Crippen molar-refractivity contribution in [2.24, 2.45) is 0 Å². The average molecular weight is 289 g/mol. The Kier molecular flexibility index (Phi) is 4.71. The number of rotatable bonds is 6. The van der Waals surface area contributed by atoms with E-state index in [1.165, 1.54) is 0 Å². The molecule has 2 rings (SSSR count). The summed E-state index contributed by atoms with van der Waals surface area (Å²) in [6.45, 7) is 4.84. The summed E-state index contributed by atoms with van der Waals surface area (Å²) in [6.07, 6.45) is 1.56. The lowest BCUT2D eigenvalue weighted by Crippen LogP contribution is -2.13. The highest BCUT2D eigenvalue weighted by Gasteiger charge is 2.12. The van der Waals surface area contributed by atoms with Gasteiger partial charge in [0.1, 0.15) is 17.2 Å². The largest absolute Gasteiger partial charge is 0.494 e. The van der Waals surface area contributed by atoms with E-state index in [0.717, 1.165) is 0 Å². The van der Waals surface area contributed by atoms with E-state index < -0.39 is 0 Å². The summed E-state index contributed by atoms with van der Waals surface area (Å²) in [4.78, 5) is 15.0. The van der Waals surface area contributed by atoms with Crippen LogP contribution in [0.3, 0.4) is 0 Å². The van der Waals surface area contributed by atoms with Gasteiger partial charge < -0.3 is 25.5 Å². The number of aromatic amines is 1. The molecule has 6 heteroatoms. The fraction of sp³-hybridized carbons (Fsp3) is 0.267. The standard InChI is InChI=1S/C15H19N3O3/c1-3-20-11-5-6-14(21-4-2)12(8-11)18-15(19)13-7-10(16)9-17-13/h5-9,17H,3-4,16H2,1-2H3,(H,18,19).